The molecule has 0 aromatic heterocycles. The van der Waals surface area contributed by atoms with Crippen LogP contribution >= 0.6 is 0 Å². The fourth-order valence-corrected chi connectivity index (χ4v) is 12.5. The van der Waals surface area contributed by atoms with Crippen LogP contribution in [-0.4, -0.2) is 0 Å². The maximum Gasteiger partial charge on any atom is -0.0179 e. The number of rotatable bonds is 3. The first-order chi connectivity index (χ1) is 14.6. The second-order valence-electron chi connectivity index (χ2n) is 14.8. The summed E-state index contributed by atoms with van der Waals surface area (Å²) in [7, 11) is 0. The smallest absolute Gasteiger partial charge is 0.0179 e. The monoisotopic (exact) mass is 406 g/mol. The van der Waals surface area contributed by atoms with Gasteiger partial charge < -0.3 is 0 Å². The molecule has 1 spiro atoms. The van der Waals surface area contributed by atoms with Gasteiger partial charge in [0.2, 0.25) is 0 Å². The van der Waals surface area contributed by atoms with E-state index in [1.807, 2.05) is 0 Å². The highest BCUT2D eigenvalue weighted by atomic mass is 14.8. The zero-order valence-corrected chi connectivity index (χ0v) is 19.8. The number of hydrogen-bond donors (Lipinski definition) is 0. The molecule has 0 aromatic rings. The van der Waals surface area contributed by atoms with E-state index < -0.39 is 0 Å². The Balaban J connectivity index is 1.21. The third-order valence-corrected chi connectivity index (χ3v) is 14.0. The van der Waals surface area contributed by atoms with Crippen LogP contribution in [0.1, 0.15) is 122 Å². The van der Waals surface area contributed by atoms with E-state index in [9.17, 15) is 0 Å². The van der Waals surface area contributed by atoms with Gasteiger partial charge in [-0.1, -0.05) is 26.2 Å². The minimum absolute atomic E-state index is 0.721. The topological polar surface area (TPSA) is 0 Å². The van der Waals surface area contributed by atoms with Crippen molar-refractivity contribution < 1.29 is 0 Å². The lowest BCUT2D eigenvalue weighted by atomic mass is 9.30. The summed E-state index contributed by atoms with van der Waals surface area (Å²) in [5, 5.41) is 0. The summed E-state index contributed by atoms with van der Waals surface area (Å²) in [4.78, 5) is 0. The van der Waals surface area contributed by atoms with Crippen molar-refractivity contribution in [1.82, 2.24) is 0 Å². The molecule has 0 N–H and O–H groups in total. The Morgan fingerprint density at radius 3 is 1.83 bits per heavy atom. The molecule has 30 heavy (non-hydrogen) atoms. The molecule has 0 aliphatic heterocycles. The van der Waals surface area contributed by atoms with Crippen LogP contribution in [0.25, 0.3) is 0 Å². The Hall–Kier alpha value is 0. The molecule has 6 bridgehead atoms. The maximum atomic E-state index is 2.95. The van der Waals surface area contributed by atoms with E-state index in [-0.39, 0.29) is 0 Å². The van der Waals surface area contributed by atoms with Crippen molar-refractivity contribution in [3.05, 3.63) is 0 Å². The van der Waals surface area contributed by atoms with Crippen molar-refractivity contribution in [2.75, 3.05) is 0 Å². The van der Waals surface area contributed by atoms with Gasteiger partial charge in [0.15, 0.2) is 0 Å². The van der Waals surface area contributed by atoms with Crippen molar-refractivity contribution >= 4 is 0 Å². The molecule has 0 aromatic carbocycles. The number of hydrogen-bond acceptors (Lipinski definition) is 0. The molecule has 10 saturated carbocycles. The van der Waals surface area contributed by atoms with E-state index in [1.54, 1.807) is 116 Å². The van der Waals surface area contributed by atoms with E-state index in [0.717, 1.165) is 57.2 Å². The highest BCUT2D eigenvalue weighted by Crippen LogP contribution is 2.85. The molecule has 4 atom stereocenters. The summed E-state index contributed by atoms with van der Waals surface area (Å²) in [6.45, 7) is 2.95. The average Bonchev–Trinajstić information content (AvgIpc) is 3.52. The largest absolute Gasteiger partial charge is 0.0583 e. The molecule has 0 heterocycles. The van der Waals surface area contributed by atoms with Gasteiger partial charge in [0.05, 0.1) is 0 Å². The predicted molar refractivity (Wildman–Crippen MR) is 123 cm³/mol. The van der Waals surface area contributed by atoms with Crippen molar-refractivity contribution in [2.24, 2.45) is 63.1 Å². The van der Waals surface area contributed by atoms with E-state index in [4.69, 9.17) is 0 Å². The Morgan fingerprint density at radius 2 is 1.13 bits per heavy atom. The van der Waals surface area contributed by atoms with Crippen molar-refractivity contribution in [1.29, 1.82) is 0 Å². The van der Waals surface area contributed by atoms with E-state index in [1.165, 1.54) is 5.92 Å². The van der Waals surface area contributed by atoms with Gasteiger partial charge in [-0.3, -0.25) is 0 Å². The molecule has 0 amide bonds. The van der Waals surface area contributed by atoms with E-state index in [2.05, 4.69) is 6.92 Å². The molecular formula is C30H46. The van der Waals surface area contributed by atoms with Crippen molar-refractivity contribution in [3.63, 3.8) is 0 Å². The fourth-order valence-electron chi connectivity index (χ4n) is 12.5. The van der Waals surface area contributed by atoms with Crippen LogP contribution in [0.5, 0.6) is 0 Å². The Bertz CT molecular complexity index is 725. The highest BCUT2D eigenvalue weighted by Gasteiger charge is 2.77. The minimum Gasteiger partial charge on any atom is -0.0583 e. The SMILES string of the molecule is C[C@]1(C2CC2)C2(CCCCC3CC(C4CC4)(C3)[C@H]3CCC2C3)CC2CC1(C1CC1)C2. The van der Waals surface area contributed by atoms with Gasteiger partial charge in [0.1, 0.15) is 0 Å². The molecule has 10 aliphatic carbocycles. The first-order valence-electron chi connectivity index (χ1n) is 14.6. The van der Waals surface area contributed by atoms with Gasteiger partial charge in [-0.15, -0.1) is 0 Å². The Labute approximate surface area is 185 Å². The van der Waals surface area contributed by atoms with Crippen LogP contribution in [0.15, 0.2) is 0 Å². The predicted octanol–water partition coefficient (Wildman–Crippen LogP) is 8.40. The van der Waals surface area contributed by atoms with Crippen LogP contribution in [0.4, 0.5) is 0 Å². The molecule has 0 nitrogen and oxygen atoms in total. The Morgan fingerprint density at radius 1 is 0.500 bits per heavy atom. The van der Waals surface area contributed by atoms with Gasteiger partial charge in [-0.2, -0.15) is 0 Å². The van der Waals surface area contributed by atoms with Gasteiger partial charge in [0.25, 0.3) is 0 Å². The molecule has 10 rings (SSSR count). The van der Waals surface area contributed by atoms with Crippen LogP contribution < -0.4 is 0 Å². The summed E-state index contributed by atoms with van der Waals surface area (Å²) in [6, 6.07) is 0. The summed E-state index contributed by atoms with van der Waals surface area (Å²) in [5.74, 6) is 7.95. The molecular weight excluding hydrogens is 360 g/mol. The fraction of sp³-hybridized carbons (Fsp3) is 1.00. The lowest BCUT2D eigenvalue weighted by molar-refractivity contribution is -0.258. The maximum absolute atomic E-state index is 2.95. The molecule has 0 radical (unpaired) electrons. The summed E-state index contributed by atoms with van der Waals surface area (Å²) < 4.78 is 0. The summed E-state index contributed by atoms with van der Waals surface area (Å²) in [5.41, 5.74) is 3.14. The van der Waals surface area contributed by atoms with Crippen molar-refractivity contribution in [3.8, 4) is 0 Å². The second kappa shape index (κ2) is 5.73. The average molecular weight is 407 g/mol. The van der Waals surface area contributed by atoms with Crippen LogP contribution in [-0.2, 0) is 0 Å². The van der Waals surface area contributed by atoms with Gasteiger partial charge in [-0.05, 0) is 159 Å². The quantitative estimate of drug-likeness (QED) is 0.441. The molecule has 0 saturated heterocycles. The first kappa shape index (κ1) is 18.4. The van der Waals surface area contributed by atoms with E-state index >= 15 is 0 Å². The minimum atomic E-state index is 0.721. The molecule has 2 unspecified atom stereocenters. The lowest BCUT2D eigenvalue weighted by Crippen LogP contribution is -2.67. The molecule has 166 valence electrons. The molecule has 0 heteroatoms. The third kappa shape index (κ3) is 2.08. The Kier molecular flexibility index (Phi) is 3.52. The van der Waals surface area contributed by atoms with Gasteiger partial charge >= 0.3 is 0 Å². The van der Waals surface area contributed by atoms with E-state index in [0.29, 0.717) is 0 Å². The number of fused-ring (bicyclic) bond motifs is 3. The first-order valence-corrected chi connectivity index (χ1v) is 14.6. The van der Waals surface area contributed by atoms with Crippen LogP contribution in [0.2, 0.25) is 0 Å². The summed E-state index contributed by atoms with van der Waals surface area (Å²) in [6.07, 6.45) is 29.3. The zero-order valence-electron chi connectivity index (χ0n) is 19.8. The normalized spacial score (nSPS) is 59.9. The van der Waals surface area contributed by atoms with Crippen molar-refractivity contribution in [2.45, 2.75) is 122 Å². The summed E-state index contributed by atoms with van der Waals surface area (Å²) >= 11 is 0. The molecule has 10 aliphatic rings. The standard InChI is InChI=1S/C30H46/c1-27(22-5-6-22)29(17-21-18-30(27,19-21)24-9-10-24)13-3-2-4-20-15-28(16-20,23-7-8-23)25-11-12-26(29)14-25/h20-26H,2-19H2,1H3/t20?,21?,25-,26?,27-,28?,29?,30?/m0/s1. The lowest BCUT2D eigenvalue weighted by Gasteiger charge is -2.74. The molecule has 10 fully saturated rings. The van der Waals surface area contributed by atoms with Crippen LogP contribution in [0, 0.1) is 63.1 Å². The zero-order chi connectivity index (χ0) is 19.8. The van der Waals surface area contributed by atoms with Gasteiger partial charge in [-0.25, -0.2) is 0 Å². The highest BCUT2D eigenvalue weighted by molar-refractivity contribution is 5.25. The second-order valence-corrected chi connectivity index (χ2v) is 14.8. The van der Waals surface area contributed by atoms with Crippen LogP contribution in [0.3, 0.4) is 0 Å². The van der Waals surface area contributed by atoms with Gasteiger partial charge in [0, 0.05) is 0 Å². The third-order valence-electron chi connectivity index (χ3n) is 14.0.